The molecule has 2 aromatic rings. The van der Waals surface area contributed by atoms with Gasteiger partial charge in [0.2, 0.25) is 11.8 Å². The molecule has 0 bridgehead atoms. The molecule has 2 rings (SSSR count). The largest absolute Gasteiger partial charge is 0.338 e. The van der Waals surface area contributed by atoms with Crippen molar-refractivity contribution in [2.75, 3.05) is 12.4 Å². The van der Waals surface area contributed by atoms with Crippen molar-refractivity contribution in [2.24, 2.45) is 0 Å². The quantitative estimate of drug-likeness (QED) is 0.816. The van der Waals surface area contributed by atoms with Crippen LogP contribution < -0.4 is 5.32 Å². The van der Waals surface area contributed by atoms with E-state index in [4.69, 9.17) is 11.6 Å². The molecular formula is C19H18ClFN2O2. The lowest BCUT2D eigenvalue weighted by atomic mass is 10.1. The molecule has 0 atom stereocenters. The Bertz CT molecular complexity index is 783. The summed E-state index contributed by atoms with van der Waals surface area (Å²) in [7, 11) is 1.58. The fraction of sp³-hybridized carbons (Fsp3) is 0.158. The molecule has 130 valence electrons. The van der Waals surface area contributed by atoms with E-state index in [1.807, 2.05) is 0 Å². The van der Waals surface area contributed by atoms with Crippen LogP contribution in [0.2, 0.25) is 5.02 Å². The van der Waals surface area contributed by atoms with Gasteiger partial charge in [-0.25, -0.2) is 4.39 Å². The Labute approximate surface area is 150 Å². The molecule has 0 spiro atoms. The molecule has 4 nitrogen and oxygen atoms in total. The highest BCUT2D eigenvalue weighted by molar-refractivity contribution is 6.31. The molecule has 0 saturated heterocycles. The molecule has 0 aliphatic heterocycles. The van der Waals surface area contributed by atoms with Crippen LogP contribution in [-0.2, 0) is 16.1 Å². The van der Waals surface area contributed by atoms with Crippen LogP contribution in [0.1, 0.15) is 18.1 Å². The molecule has 0 saturated carbocycles. The number of likely N-dealkylation sites (N-methyl/N-ethyl adjacent to an activating group) is 1. The number of hydrogen-bond donors (Lipinski definition) is 1. The predicted octanol–water partition coefficient (Wildman–Crippen LogP) is 4.11. The lowest BCUT2D eigenvalue weighted by Gasteiger charge is -2.16. The van der Waals surface area contributed by atoms with Gasteiger partial charge in [0, 0.05) is 42.9 Å². The zero-order valence-corrected chi connectivity index (χ0v) is 14.7. The molecule has 0 aromatic heterocycles. The molecule has 6 heteroatoms. The van der Waals surface area contributed by atoms with Crippen LogP contribution in [0.25, 0.3) is 6.08 Å². The summed E-state index contributed by atoms with van der Waals surface area (Å²) < 4.78 is 13.8. The lowest BCUT2D eigenvalue weighted by molar-refractivity contribution is -0.125. The number of carbonyl (C=O) groups is 2. The zero-order valence-electron chi connectivity index (χ0n) is 13.9. The third kappa shape index (κ3) is 5.43. The summed E-state index contributed by atoms with van der Waals surface area (Å²) in [6, 6.07) is 11.5. The molecule has 0 aliphatic rings. The Kier molecular flexibility index (Phi) is 6.31. The molecule has 2 amide bonds. The Balaban J connectivity index is 2.00. The molecule has 1 N–H and O–H groups in total. The second kappa shape index (κ2) is 8.44. The average Bonchev–Trinajstić information content (AvgIpc) is 2.56. The highest BCUT2D eigenvalue weighted by Gasteiger charge is 2.12. The van der Waals surface area contributed by atoms with Crippen molar-refractivity contribution in [3.8, 4) is 0 Å². The predicted molar refractivity (Wildman–Crippen MR) is 97.7 cm³/mol. The van der Waals surface area contributed by atoms with Gasteiger partial charge >= 0.3 is 0 Å². The van der Waals surface area contributed by atoms with Crippen molar-refractivity contribution >= 4 is 35.2 Å². The minimum atomic E-state index is -0.440. The van der Waals surface area contributed by atoms with Gasteiger partial charge in [-0.2, -0.15) is 0 Å². The minimum Gasteiger partial charge on any atom is -0.338 e. The van der Waals surface area contributed by atoms with Crippen molar-refractivity contribution in [1.82, 2.24) is 4.90 Å². The summed E-state index contributed by atoms with van der Waals surface area (Å²) in [5.74, 6) is -0.859. The molecule has 0 fully saturated rings. The van der Waals surface area contributed by atoms with Crippen LogP contribution in [0.3, 0.4) is 0 Å². The van der Waals surface area contributed by atoms with E-state index in [0.29, 0.717) is 5.69 Å². The van der Waals surface area contributed by atoms with Crippen LogP contribution in [-0.4, -0.2) is 23.8 Å². The van der Waals surface area contributed by atoms with Gasteiger partial charge in [0.25, 0.3) is 0 Å². The van der Waals surface area contributed by atoms with Crippen molar-refractivity contribution in [3.63, 3.8) is 0 Å². The van der Waals surface area contributed by atoms with E-state index in [-0.39, 0.29) is 28.9 Å². The first-order valence-corrected chi connectivity index (χ1v) is 7.98. The summed E-state index contributed by atoms with van der Waals surface area (Å²) in [6.07, 6.45) is 3.06. The number of hydrogen-bond acceptors (Lipinski definition) is 2. The van der Waals surface area contributed by atoms with Crippen molar-refractivity contribution < 1.29 is 14.0 Å². The van der Waals surface area contributed by atoms with Gasteiger partial charge in [0.05, 0.1) is 0 Å². The Morgan fingerprint density at radius 3 is 2.48 bits per heavy atom. The smallest absolute Gasteiger partial charge is 0.246 e. The van der Waals surface area contributed by atoms with Crippen LogP contribution in [0.15, 0.2) is 48.5 Å². The van der Waals surface area contributed by atoms with E-state index in [9.17, 15) is 14.0 Å². The number of nitrogens with one attached hydrogen (secondary N) is 1. The van der Waals surface area contributed by atoms with Crippen LogP contribution in [0, 0.1) is 5.82 Å². The Hall–Kier alpha value is -2.66. The molecule has 0 heterocycles. The second-order valence-corrected chi connectivity index (χ2v) is 5.94. The van der Waals surface area contributed by atoms with Crippen molar-refractivity contribution in [2.45, 2.75) is 13.5 Å². The van der Waals surface area contributed by atoms with Gasteiger partial charge in [-0.3, -0.25) is 9.59 Å². The summed E-state index contributed by atoms with van der Waals surface area (Å²) in [5, 5.41) is 2.96. The second-order valence-electron chi connectivity index (χ2n) is 5.53. The zero-order chi connectivity index (χ0) is 18.4. The van der Waals surface area contributed by atoms with E-state index in [0.717, 1.165) is 5.56 Å². The number of rotatable bonds is 5. The van der Waals surface area contributed by atoms with Gasteiger partial charge in [-0.05, 0) is 35.9 Å². The van der Waals surface area contributed by atoms with Crippen molar-refractivity contribution in [3.05, 3.63) is 70.5 Å². The Morgan fingerprint density at radius 2 is 1.88 bits per heavy atom. The first kappa shape index (κ1) is 18.7. The number of halogens is 2. The van der Waals surface area contributed by atoms with Crippen LogP contribution in [0.5, 0.6) is 0 Å². The average molecular weight is 361 g/mol. The molecule has 0 aliphatic carbocycles. The normalized spacial score (nSPS) is 10.7. The molecular weight excluding hydrogens is 343 g/mol. The van der Waals surface area contributed by atoms with Crippen LogP contribution in [0.4, 0.5) is 10.1 Å². The summed E-state index contributed by atoms with van der Waals surface area (Å²) >= 11 is 5.98. The maximum absolute atomic E-state index is 13.8. The summed E-state index contributed by atoms with van der Waals surface area (Å²) in [4.78, 5) is 24.5. The van der Waals surface area contributed by atoms with Gasteiger partial charge in [-0.15, -0.1) is 0 Å². The standard InChI is InChI=1S/C19H18ClFN2O2/c1-13(24)22-15-9-6-14(7-10-15)8-11-19(25)23(2)12-16-17(20)4-3-5-18(16)21/h3-11H,12H2,1-2H3,(H,22,24)/b11-8+. The third-order valence-corrected chi connectivity index (χ3v) is 3.84. The fourth-order valence-electron chi connectivity index (χ4n) is 2.17. The Morgan fingerprint density at radius 1 is 1.20 bits per heavy atom. The highest BCUT2D eigenvalue weighted by atomic mass is 35.5. The topological polar surface area (TPSA) is 49.4 Å². The summed E-state index contributed by atoms with van der Waals surface area (Å²) in [5.41, 5.74) is 1.77. The van der Waals surface area contributed by atoms with Gasteiger partial charge in [-0.1, -0.05) is 29.8 Å². The number of carbonyl (C=O) groups excluding carboxylic acids is 2. The third-order valence-electron chi connectivity index (χ3n) is 3.48. The number of amides is 2. The van der Waals surface area contributed by atoms with Gasteiger partial charge in [0.1, 0.15) is 5.82 Å². The first-order valence-electron chi connectivity index (χ1n) is 7.60. The van der Waals surface area contributed by atoms with Gasteiger partial charge < -0.3 is 10.2 Å². The maximum Gasteiger partial charge on any atom is 0.246 e. The van der Waals surface area contributed by atoms with E-state index in [2.05, 4.69) is 5.32 Å². The first-order chi connectivity index (χ1) is 11.9. The lowest BCUT2D eigenvalue weighted by Crippen LogP contribution is -2.24. The number of benzene rings is 2. The van der Waals surface area contributed by atoms with Crippen LogP contribution >= 0.6 is 11.6 Å². The molecule has 2 aromatic carbocycles. The highest BCUT2D eigenvalue weighted by Crippen LogP contribution is 2.20. The van der Waals surface area contributed by atoms with Crippen molar-refractivity contribution in [1.29, 1.82) is 0 Å². The molecule has 0 radical (unpaired) electrons. The monoisotopic (exact) mass is 360 g/mol. The van der Waals surface area contributed by atoms with E-state index >= 15 is 0 Å². The SMILES string of the molecule is CC(=O)Nc1ccc(/C=C/C(=O)N(C)Cc2c(F)cccc2Cl)cc1. The van der Waals surface area contributed by atoms with E-state index in [1.165, 1.54) is 30.0 Å². The number of nitrogens with zero attached hydrogens (tertiary/aromatic N) is 1. The minimum absolute atomic E-state index is 0.0795. The molecule has 0 unspecified atom stereocenters. The fourth-order valence-corrected chi connectivity index (χ4v) is 2.40. The molecule has 25 heavy (non-hydrogen) atoms. The van der Waals surface area contributed by atoms with Gasteiger partial charge in [0.15, 0.2) is 0 Å². The van der Waals surface area contributed by atoms with E-state index < -0.39 is 5.82 Å². The maximum atomic E-state index is 13.8. The summed E-state index contributed by atoms with van der Waals surface area (Å²) in [6.45, 7) is 1.51. The van der Waals surface area contributed by atoms with E-state index in [1.54, 1.807) is 43.5 Å². The number of anilines is 1.